The quantitative estimate of drug-likeness (QED) is 0.392. The number of amides is 1. The average molecular weight is 435 g/mol. The Kier molecular flexibility index (Phi) is 6.59. The smallest absolute Gasteiger partial charge is 0.234 e. The lowest BCUT2D eigenvalue weighted by Crippen LogP contribution is -2.14. The van der Waals surface area contributed by atoms with Gasteiger partial charge in [0.25, 0.3) is 0 Å². The normalized spacial score (nSPS) is 10.6. The van der Waals surface area contributed by atoms with Crippen molar-refractivity contribution in [1.29, 1.82) is 0 Å². The van der Waals surface area contributed by atoms with E-state index in [1.807, 2.05) is 30.3 Å². The summed E-state index contributed by atoms with van der Waals surface area (Å²) in [6.07, 6.45) is 3.11. The zero-order valence-corrected chi connectivity index (χ0v) is 17.1. The van der Waals surface area contributed by atoms with E-state index >= 15 is 0 Å². The minimum atomic E-state index is -0.337. The summed E-state index contributed by atoms with van der Waals surface area (Å²) in [5.74, 6) is 1.73. The molecule has 1 amide bonds. The highest BCUT2D eigenvalue weighted by Gasteiger charge is 2.09. The van der Waals surface area contributed by atoms with Gasteiger partial charge in [-0.25, -0.2) is 14.4 Å². The van der Waals surface area contributed by atoms with E-state index in [9.17, 15) is 9.18 Å². The third kappa shape index (κ3) is 5.93. The number of nitrogens with one attached hydrogen (secondary N) is 1. The monoisotopic (exact) mass is 435 g/mol. The van der Waals surface area contributed by atoms with Gasteiger partial charge >= 0.3 is 0 Å². The first-order valence-electron chi connectivity index (χ1n) is 9.42. The van der Waals surface area contributed by atoms with Crippen molar-refractivity contribution in [3.63, 3.8) is 0 Å². The van der Waals surface area contributed by atoms with Crippen molar-refractivity contribution < 1.29 is 18.3 Å². The topological polar surface area (TPSA) is 77.2 Å². The van der Waals surface area contributed by atoms with Crippen LogP contribution in [0.25, 0.3) is 11.5 Å². The number of hydrogen-bond donors (Lipinski definition) is 1. The van der Waals surface area contributed by atoms with Gasteiger partial charge < -0.3 is 14.5 Å². The highest BCUT2D eigenvalue weighted by atomic mass is 32.2. The van der Waals surface area contributed by atoms with Gasteiger partial charge in [0.15, 0.2) is 0 Å². The van der Waals surface area contributed by atoms with Crippen LogP contribution in [0.5, 0.6) is 11.6 Å². The fourth-order valence-corrected chi connectivity index (χ4v) is 3.37. The highest BCUT2D eigenvalue weighted by molar-refractivity contribution is 7.99. The van der Waals surface area contributed by atoms with Gasteiger partial charge in [0.1, 0.15) is 17.8 Å². The van der Waals surface area contributed by atoms with Crippen molar-refractivity contribution in [3.05, 3.63) is 90.7 Å². The second kappa shape index (κ2) is 9.90. The molecule has 0 fully saturated rings. The molecule has 0 bridgehead atoms. The molecule has 6 nitrogen and oxygen atoms in total. The zero-order chi connectivity index (χ0) is 21.5. The molecular weight excluding hydrogens is 417 g/mol. The molecule has 0 atom stereocenters. The molecule has 1 N–H and O–H groups in total. The number of rotatable bonds is 8. The zero-order valence-electron chi connectivity index (χ0n) is 16.3. The summed E-state index contributed by atoms with van der Waals surface area (Å²) in [4.78, 5) is 20.8. The number of ether oxygens (including phenoxy) is 1. The minimum Gasteiger partial charge on any atom is -0.444 e. The highest BCUT2D eigenvalue weighted by Crippen LogP contribution is 2.22. The van der Waals surface area contributed by atoms with Crippen LogP contribution in [-0.4, -0.2) is 21.6 Å². The molecule has 0 aliphatic rings. The Morgan fingerprint density at radius 1 is 1.06 bits per heavy atom. The summed E-state index contributed by atoms with van der Waals surface area (Å²) in [7, 11) is 0. The lowest BCUT2D eigenvalue weighted by molar-refractivity contribution is -0.113. The number of halogens is 1. The SMILES string of the molecule is O=C(CSCc1coc(-c2ccccc2)n1)Nc1ccc(Oc2ccc(F)cc2)nc1. The van der Waals surface area contributed by atoms with Gasteiger partial charge in [0.05, 0.1) is 23.3 Å². The van der Waals surface area contributed by atoms with Crippen molar-refractivity contribution in [1.82, 2.24) is 9.97 Å². The minimum absolute atomic E-state index is 0.147. The second-order valence-corrected chi connectivity index (χ2v) is 7.48. The van der Waals surface area contributed by atoms with Crippen molar-refractivity contribution in [2.24, 2.45) is 0 Å². The summed E-state index contributed by atoms with van der Waals surface area (Å²) in [5, 5.41) is 2.79. The Labute approximate surface area is 182 Å². The third-order valence-corrected chi connectivity index (χ3v) is 5.08. The third-order valence-electron chi connectivity index (χ3n) is 4.11. The van der Waals surface area contributed by atoms with E-state index in [1.54, 1.807) is 18.4 Å². The van der Waals surface area contributed by atoms with Crippen molar-refractivity contribution in [3.8, 4) is 23.1 Å². The fourth-order valence-electron chi connectivity index (χ4n) is 2.67. The molecule has 0 aliphatic carbocycles. The summed E-state index contributed by atoms with van der Waals surface area (Å²) in [5.41, 5.74) is 2.25. The number of nitrogens with zero attached hydrogens (tertiary/aromatic N) is 2. The van der Waals surface area contributed by atoms with E-state index in [0.717, 1.165) is 11.3 Å². The second-order valence-electron chi connectivity index (χ2n) is 6.49. The molecule has 156 valence electrons. The van der Waals surface area contributed by atoms with Gasteiger partial charge in [-0.15, -0.1) is 11.8 Å². The molecule has 4 rings (SSSR count). The lowest BCUT2D eigenvalue weighted by Gasteiger charge is -2.07. The number of thioether (sulfide) groups is 1. The number of pyridine rings is 1. The van der Waals surface area contributed by atoms with Gasteiger partial charge in [-0.05, 0) is 42.5 Å². The standard InChI is InChI=1S/C23H18FN3O3S/c24-17-6-9-20(10-7-17)30-22-11-8-18(12-25-22)26-21(28)15-31-14-19-13-29-23(27-19)16-4-2-1-3-5-16/h1-13H,14-15H2,(H,26,28). The van der Waals surface area contributed by atoms with Crippen LogP contribution in [0.3, 0.4) is 0 Å². The van der Waals surface area contributed by atoms with Crippen molar-refractivity contribution >= 4 is 23.4 Å². The Balaban J connectivity index is 1.23. The van der Waals surface area contributed by atoms with Gasteiger partial charge in [-0.1, -0.05) is 18.2 Å². The molecule has 0 aliphatic heterocycles. The van der Waals surface area contributed by atoms with Crippen LogP contribution in [0.4, 0.5) is 10.1 Å². The largest absolute Gasteiger partial charge is 0.444 e. The average Bonchev–Trinajstić information content (AvgIpc) is 3.26. The molecule has 2 aromatic carbocycles. The Bertz CT molecular complexity index is 1130. The van der Waals surface area contributed by atoms with Gasteiger partial charge in [0, 0.05) is 17.4 Å². The predicted octanol–water partition coefficient (Wildman–Crippen LogP) is 5.54. The number of oxazole rings is 1. The first-order chi connectivity index (χ1) is 15.2. The molecule has 0 spiro atoms. The van der Waals surface area contributed by atoms with Gasteiger partial charge in [-0.3, -0.25) is 4.79 Å². The molecule has 0 saturated carbocycles. The number of benzene rings is 2. The number of carbonyl (C=O) groups is 1. The molecule has 31 heavy (non-hydrogen) atoms. The fraction of sp³-hybridized carbons (Fsp3) is 0.0870. The van der Waals surface area contributed by atoms with Crippen LogP contribution in [-0.2, 0) is 10.5 Å². The maximum absolute atomic E-state index is 12.9. The first-order valence-corrected chi connectivity index (χ1v) is 10.6. The van der Waals surface area contributed by atoms with E-state index in [-0.39, 0.29) is 17.5 Å². The summed E-state index contributed by atoms with van der Waals surface area (Å²) in [6.45, 7) is 0. The Morgan fingerprint density at radius 2 is 1.87 bits per heavy atom. The van der Waals surface area contributed by atoms with Crippen LogP contribution in [0, 0.1) is 5.82 Å². The van der Waals surface area contributed by atoms with Crippen molar-refractivity contribution in [2.45, 2.75) is 5.75 Å². The Hall–Kier alpha value is -3.65. The van der Waals surface area contributed by atoms with Crippen LogP contribution in [0.2, 0.25) is 0 Å². The van der Waals surface area contributed by atoms with E-state index in [2.05, 4.69) is 15.3 Å². The molecule has 0 unspecified atom stereocenters. The summed E-state index contributed by atoms with van der Waals surface area (Å²) >= 11 is 1.44. The maximum Gasteiger partial charge on any atom is 0.234 e. The summed E-state index contributed by atoms with van der Waals surface area (Å²) < 4.78 is 24.0. The summed E-state index contributed by atoms with van der Waals surface area (Å²) in [6, 6.07) is 18.6. The number of carbonyl (C=O) groups excluding carboxylic acids is 1. The number of anilines is 1. The van der Waals surface area contributed by atoms with Gasteiger partial charge in [-0.2, -0.15) is 0 Å². The van der Waals surface area contributed by atoms with Crippen LogP contribution in [0.1, 0.15) is 5.69 Å². The molecule has 4 aromatic rings. The molecular formula is C23H18FN3O3S. The number of hydrogen-bond acceptors (Lipinski definition) is 6. The van der Waals surface area contributed by atoms with Crippen LogP contribution < -0.4 is 10.1 Å². The molecule has 2 heterocycles. The predicted molar refractivity (Wildman–Crippen MR) is 117 cm³/mol. The molecule has 0 saturated heterocycles. The van der Waals surface area contributed by atoms with Crippen LogP contribution >= 0.6 is 11.8 Å². The molecule has 8 heteroatoms. The van der Waals surface area contributed by atoms with E-state index in [4.69, 9.17) is 9.15 Å². The maximum atomic E-state index is 12.9. The van der Waals surface area contributed by atoms with E-state index in [0.29, 0.717) is 29.0 Å². The van der Waals surface area contributed by atoms with E-state index in [1.165, 1.54) is 42.2 Å². The molecule has 2 aromatic heterocycles. The Morgan fingerprint density at radius 3 is 2.61 bits per heavy atom. The van der Waals surface area contributed by atoms with Crippen LogP contribution in [0.15, 0.2) is 83.6 Å². The van der Waals surface area contributed by atoms with E-state index < -0.39 is 0 Å². The lowest BCUT2D eigenvalue weighted by atomic mass is 10.2. The number of aromatic nitrogens is 2. The molecule has 0 radical (unpaired) electrons. The van der Waals surface area contributed by atoms with Gasteiger partial charge in [0.2, 0.25) is 17.7 Å². The first kappa shape index (κ1) is 20.6. The van der Waals surface area contributed by atoms with Crippen molar-refractivity contribution in [2.75, 3.05) is 11.1 Å².